The van der Waals surface area contributed by atoms with Crippen molar-refractivity contribution in [2.45, 2.75) is 0 Å². The number of benzene rings is 2. The van der Waals surface area contributed by atoms with Gasteiger partial charge in [-0.1, -0.05) is 23.7 Å². The molecular formula is C13H8ClF2NO. The number of primary amides is 1. The van der Waals surface area contributed by atoms with Crippen molar-refractivity contribution in [3.8, 4) is 11.1 Å². The predicted molar refractivity (Wildman–Crippen MR) is 65.3 cm³/mol. The first-order chi connectivity index (χ1) is 8.49. The molecule has 0 bridgehead atoms. The molecule has 0 aliphatic heterocycles. The van der Waals surface area contributed by atoms with Gasteiger partial charge in [0.25, 0.3) is 0 Å². The van der Waals surface area contributed by atoms with Crippen molar-refractivity contribution < 1.29 is 13.6 Å². The SMILES string of the molecule is NC(=O)c1cc(F)c(F)c(-c2ccc(Cl)cc2)c1. The van der Waals surface area contributed by atoms with E-state index in [9.17, 15) is 13.6 Å². The quantitative estimate of drug-likeness (QED) is 0.890. The molecule has 18 heavy (non-hydrogen) atoms. The van der Waals surface area contributed by atoms with Crippen LogP contribution in [0.2, 0.25) is 5.02 Å². The van der Waals surface area contributed by atoms with E-state index in [-0.39, 0.29) is 11.1 Å². The number of carbonyl (C=O) groups is 1. The van der Waals surface area contributed by atoms with E-state index in [1.165, 1.54) is 18.2 Å². The van der Waals surface area contributed by atoms with E-state index in [1.54, 1.807) is 12.1 Å². The predicted octanol–water partition coefficient (Wildman–Crippen LogP) is 3.38. The fraction of sp³-hybridized carbons (Fsp3) is 0. The molecule has 2 rings (SSSR count). The van der Waals surface area contributed by atoms with Crippen molar-refractivity contribution in [2.75, 3.05) is 0 Å². The molecule has 0 saturated heterocycles. The summed E-state index contributed by atoms with van der Waals surface area (Å²) in [5, 5.41) is 0.477. The van der Waals surface area contributed by atoms with Crippen LogP contribution in [0, 0.1) is 11.6 Å². The first kappa shape index (κ1) is 12.5. The number of hydrogen-bond acceptors (Lipinski definition) is 1. The molecule has 2 aromatic rings. The van der Waals surface area contributed by atoms with Crippen LogP contribution < -0.4 is 5.73 Å². The smallest absolute Gasteiger partial charge is 0.248 e. The summed E-state index contributed by atoms with van der Waals surface area (Å²) in [5.41, 5.74) is 5.36. The molecule has 0 atom stereocenters. The maximum absolute atomic E-state index is 13.7. The third kappa shape index (κ3) is 2.33. The third-order valence-corrected chi connectivity index (χ3v) is 2.72. The van der Waals surface area contributed by atoms with Crippen LogP contribution >= 0.6 is 11.6 Å². The average Bonchev–Trinajstić information content (AvgIpc) is 2.33. The Kier molecular flexibility index (Phi) is 3.30. The van der Waals surface area contributed by atoms with Crippen molar-refractivity contribution >= 4 is 17.5 Å². The van der Waals surface area contributed by atoms with E-state index in [4.69, 9.17) is 17.3 Å². The molecular weight excluding hydrogens is 260 g/mol. The Morgan fingerprint density at radius 2 is 1.72 bits per heavy atom. The minimum atomic E-state index is -1.11. The maximum Gasteiger partial charge on any atom is 0.248 e. The van der Waals surface area contributed by atoms with E-state index < -0.39 is 17.5 Å². The zero-order valence-corrected chi connectivity index (χ0v) is 9.84. The molecule has 2 aromatic carbocycles. The minimum absolute atomic E-state index is 0.0273. The summed E-state index contributed by atoms with van der Waals surface area (Å²) in [6.45, 7) is 0. The second kappa shape index (κ2) is 4.74. The summed E-state index contributed by atoms with van der Waals surface area (Å²) in [5.74, 6) is -2.96. The lowest BCUT2D eigenvalue weighted by Crippen LogP contribution is -2.12. The van der Waals surface area contributed by atoms with Crippen LogP contribution in [0.5, 0.6) is 0 Å². The van der Waals surface area contributed by atoms with Gasteiger partial charge in [-0.15, -0.1) is 0 Å². The molecule has 0 fully saturated rings. The molecule has 92 valence electrons. The van der Waals surface area contributed by atoms with Crippen molar-refractivity contribution in [3.05, 3.63) is 58.6 Å². The zero-order valence-electron chi connectivity index (χ0n) is 9.08. The van der Waals surface area contributed by atoms with Gasteiger partial charge in [-0.2, -0.15) is 0 Å². The molecule has 0 heterocycles. The molecule has 0 aliphatic rings. The number of halogens is 3. The van der Waals surface area contributed by atoms with Gasteiger partial charge in [0.2, 0.25) is 5.91 Å². The first-order valence-corrected chi connectivity index (χ1v) is 5.41. The Bertz CT molecular complexity index is 611. The highest BCUT2D eigenvalue weighted by molar-refractivity contribution is 6.30. The minimum Gasteiger partial charge on any atom is -0.366 e. The van der Waals surface area contributed by atoms with Gasteiger partial charge in [-0.3, -0.25) is 4.79 Å². The number of nitrogens with two attached hydrogens (primary N) is 1. The summed E-state index contributed by atoms with van der Waals surface area (Å²) in [7, 11) is 0. The Morgan fingerprint density at radius 1 is 1.11 bits per heavy atom. The Hall–Kier alpha value is -1.94. The molecule has 0 aliphatic carbocycles. The van der Waals surface area contributed by atoms with Crippen LogP contribution in [0.15, 0.2) is 36.4 Å². The van der Waals surface area contributed by atoms with Gasteiger partial charge in [0.1, 0.15) is 0 Å². The van der Waals surface area contributed by atoms with E-state index in [2.05, 4.69) is 0 Å². The monoisotopic (exact) mass is 267 g/mol. The molecule has 0 aromatic heterocycles. The summed E-state index contributed by atoms with van der Waals surface area (Å²) < 4.78 is 27.0. The Labute approximate surface area is 107 Å². The maximum atomic E-state index is 13.7. The Morgan fingerprint density at radius 3 is 2.28 bits per heavy atom. The lowest BCUT2D eigenvalue weighted by Gasteiger charge is -2.06. The van der Waals surface area contributed by atoms with Crippen molar-refractivity contribution in [1.29, 1.82) is 0 Å². The van der Waals surface area contributed by atoms with Crippen molar-refractivity contribution in [2.24, 2.45) is 5.73 Å². The van der Waals surface area contributed by atoms with E-state index in [0.29, 0.717) is 10.6 Å². The highest BCUT2D eigenvalue weighted by Crippen LogP contribution is 2.27. The number of hydrogen-bond donors (Lipinski definition) is 1. The molecule has 2 N–H and O–H groups in total. The summed E-state index contributed by atoms with van der Waals surface area (Å²) in [4.78, 5) is 11.0. The summed E-state index contributed by atoms with van der Waals surface area (Å²) in [6, 6.07) is 8.15. The topological polar surface area (TPSA) is 43.1 Å². The van der Waals surface area contributed by atoms with Crippen LogP contribution in [0.4, 0.5) is 8.78 Å². The first-order valence-electron chi connectivity index (χ1n) is 5.04. The fourth-order valence-corrected chi connectivity index (χ4v) is 1.70. The van der Waals surface area contributed by atoms with E-state index in [0.717, 1.165) is 6.07 Å². The van der Waals surface area contributed by atoms with Crippen LogP contribution in [0.3, 0.4) is 0 Å². The molecule has 0 unspecified atom stereocenters. The lowest BCUT2D eigenvalue weighted by atomic mass is 10.0. The largest absolute Gasteiger partial charge is 0.366 e. The molecule has 5 heteroatoms. The molecule has 0 saturated carbocycles. The second-order valence-corrected chi connectivity index (χ2v) is 4.13. The van der Waals surface area contributed by atoms with Gasteiger partial charge in [-0.05, 0) is 29.8 Å². The van der Waals surface area contributed by atoms with Crippen molar-refractivity contribution in [1.82, 2.24) is 0 Å². The van der Waals surface area contributed by atoms with Gasteiger partial charge < -0.3 is 5.73 Å². The van der Waals surface area contributed by atoms with Gasteiger partial charge in [0.15, 0.2) is 11.6 Å². The molecule has 0 spiro atoms. The zero-order chi connectivity index (χ0) is 13.3. The molecule has 2 nitrogen and oxygen atoms in total. The van der Waals surface area contributed by atoms with Gasteiger partial charge >= 0.3 is 0 Å². The number of carbonyl (C=O) groups excluding carboxylic acids is 1. The normalized spacial score (nSPS) is 10.4. The molecule has 0 radical (unpaired) electrons. The van der Waals surface area contributed by atoms with E-state index in [1.807, 2.05) is 0 Å². The number of rotatable bonds is 2. The van der Waals surface area contributed by atoms with Crippen molar-refractivity contribution in [3.63, 3.8) is 0 Å². The average molecular weight is 268 g/mol. The Balaban J connectivity index is 2.62. The standard InChI is InChI=1S/C13H8ClF2NO/c14-9-3-1-7(2-4-9)10-5-8(13(17)18)6-11(15)12(10)16/h1-6H,(H2,17,18). The van der Waals surface area contributed by atoms with E-state index >= 15 is 0 Å². The van der Waals surface area contributed by atoms with Crippen LogP contribution in [0.25, 0.3) is 11.1 Å². The lowest BCUT2D eigenvalue weighted by molar-refractivity contribution is 0.1000. The van der Waals surface area contributed by atoms with Gasteiger partial charge in [-0.25, -0.2) is 8.78 Å². The number of amides is 1. The third-order valence-electron chi connectivity index (χ3n) is 2.47. The highest BCUT2D eigenvalue weighted by Gasteiger charge is 2.14. The van der Waals surface area contributed by atoms with Gasteiger partial charge in [0, 0.05) is 16.1 Å². The second-order valence-electron chi connectivity index (χ2n) is 3.69. The van der Waals surface area contributed by atoms with Crippen LogP contribution in [-0.4, -0.2) is 5.91 Å². The van der Waals surface area contributed by atoms with Crippen LogP contribution in [-0.2, 0) is 0 Å². The summed E-state index contributed by atoms with van der Waals surface area (Å²) >= 11 is 5.71. The summed E-state index contributed by atoms with van der Waals surface area (Å²) in [6.07, 6.45) is 0. The molecule has 1 amide bonds. The van der Waals surface area contributed by atoms with Crippen LogP contribution in [0.1, 0.15) is 10.4 Å². The van der Waals surface area contributed by atoms with Gasteiger partial charge in [0.05, 0.1) is 0 Å². The highest BCUT2D eigenvalue weighted by atomic mass is 35.5. The fourth-order valence-electron chi connectivity index (χ4n) is 1.57.